The van der Waals surface area contributed by atoms with Crippen molar-refractivity contribution in [2.75, 3.05) is 13.7 Å². The number of methoxy groups -OCH3 is 1. The Balaban J connectivity index is 0.00000338. The molecule has 0 atom stereocenters. The number of thiophene rings is 1. The zero-order chi connectivity index (χ0) is 18.1. The zero-order valence-corrected chi connectivity index (χ0v) is 17.6. The van der Waals surface area contributed by atoms with E-state index in [1.54, 1.807) is 23.5 Å². The van der Waals surface area contributed by atoms with E-state index >= 15 is 0 Å². The summed E-state index contributed by atoms with van der Waals surface area (Å²) in [7, 11) is 1.52. The number of guanidine groups is 1. The molecule has 2 rings (SSSR count). The molecule has 0 saturated carbocycles. The minimum Gasteiger partial charge on any atom is -0.497 e. The minimum atomic E-state index is -2.89. The molecule has 5 nitrogen and oxygen atoms in total. The Hall–Kier alpha value is -1.62. The predicted octanol–water partition coefficient (Wildman–Crippen LogP) is 4.23. The number of benzene rings is 1. The third kappa shape index (κ3) is 7.32. The first-order valence-electron chi connectivity index (χ1n) is 7.78. The summed E-state index contributed by atoms with van der Waals surface area (Å²) in [6.07, 6.45) is 0. The van der Waals surface area contributed by atoms with Crippen molar-refractivity contribution < 1.29 is 18.3 Å². The summed E-state index contributed by atoms with van der Waals surface area (Å²) in [5, 5.41) is 8.34. The van der Waals surface area contributed by atoms with Crippen molar-refractivity contribution >= 4 is 41.3 Å². The van der Waals surface area contributed by atoms with E-state index in [2.05, 4.69) is 20.4 Å². The lowest BCUT2D eigenvalue weighted by atomic mass is 10.2. The summed E-state index contributed by atoms with van der Waals surface area (Å²) >= 11 is 1.65. The van der Waals surface area contributed by atoms with E-state index in [1.165, 1.54) is 18.1 Å². The van der Waals surface area contributed by atoms with Gasteiger partial charge in [0.25, 0.3) is 0 Å². The summed E-state index contributed by atoms with van der Waals surface area (Å²) in [5.41, 5.74) is 0.521. The lowest BCUT2D eigenvalue weighted by Crippen LogP contribution is -2.36. The summed E-state index contributed by atoms with van der Waals surface area (Å²) in [6.45, 7) is 0.580. The van der Waals surface area contributed by atoms with Gasteiger partial charge in [-0.15, -0.1) is 35.3 Å². The van der Waals surface area contributed by atoms with Gasteiger partial charge in [-0.1, -0.05) is 6.07 Å². The molecule has 0 radical (unpaired) electrons. The van der Waals surface area contributed by atoms with Crippen LogP contribution in [0.15, 0.2) is 40.7 Å². The van der Waals surface area contributed by atoms with Gasteiger partial charge in [0.2, 0.25) is 0 Å². The van der Waals surface area contributed by atoms with Crippen LogP contribution < -0.4 is 20.1 Å². The zero-order valence-electron chi connectivity index (χ0n) is 14.5. The van der Waals surface area contributed by atoms with Crippen molar-refractivity contribution in [2.24, 2.45) is 4.99 Å². The minimum absolute atomic E-state index is 0. The molecule has 9 heteroatoms. The maximum Gasteiger partial charge on any atom is 0.387 e. The molecule has 1 aromatic heterocycles. The first kappa shape index (κ1) is 22.4. The van der Waals surface area contributed by atoms with Crippen molar-refractivity contribution in [3.63, 3.8) is 0 Å². The molecule has 0 fully saturated rings. The Labute approximate surface area is 172 Å². The van der Waals surface area contributed by atoms with Crippen molar-refractivity contribution in [1.82, 2.24) is 10.6 Å². The lowest BCUT2D eigenvalue weighted by molar-refractivity contribution is -0.0504. The van der Waals surface area contributed by atoms with Crippen LogP contribution >= 0.6 is 35.3 Å². The number of alkyl halides is 2. The summed E-state index contributed by atoms with van der Waals surface area (Å²) < 4.78 is 34.8. The van der Waals surface area contributed by atoms with Gasteiger partial charge in [-0.3, -0.25) is 0 Å². The maximum absolute atomic E-state index is 12.6. The summed E-state index contributed by atoms with van der Waals surface area (Å²) in [6, 6.07) is 8.69. The molecular weight excluding hydrogens is 475 g/mol. The monoisotopic (exact) mass is 497 g/mol. The topological polar surface area (TPSA) is 54.9 Å². The molecule has 0 aliphatic heterocycles. The number of ether oxygens (including phenoxy) is 2. The Kier molecular flexibility index (Phi) is 10.3. The molecule has 1 aromatic carbocycles. The average Bonchev–Trinajstić information content (AvgIpc) is 3.11. The summed E-state index contributed by atoms with van der Waals surface area (Å²) in [4.78, 5) is 5.62. The highest BCUT2D eigenvalue weighted by atomic mass is 127. The molecule has 1 heterocycles. The van der Waals surface area contributed by atoms with E-state index in [1.807, 2.05) is 24.4 Å². The maximum atomic E-state index is 12.6. The number of nitrogens with one attached hydrogen (secondary N) is 2. The van der Waals surface area contributed by atoms with Crippen LogP contribution in [0.1, 0.15) is 17.4 Å². The van der Waals surface area contributed by atoms with E-state index < -0.39 is 6.61 Å². The van der Waals surface area contributed by atoms with E-state index in [4.69, 9.17) is 4.74 Å². The van der Waals surface area contributed by atoms with Gasteiger partial charge in [-0.2, -0.15) is 8.78 Å². The van der Waals surface area contributed by atoms with Crippen molar-refractivity contribution in [3.05, 3.63) is 46.2 Å². The van der Waals surface area contributed by atoms with Crippen LogP contribution in [-0.4, -0.2) is 26.2 Å². The molecule has 0 aliphatic carbocycles. The van der Waals surface area contributed by atoms with E-state index in [0.29, 0.717) is 30.4 Å². The van der Waals surface area contributed by atoms with Crippen LogP contribution in [0.4, 0.5) is 8.78 Å². The van der Waals surface area contributed by atoms with Crippen molar-refractivity contribution in [3.8, 4) is 11.5 Å². The molecule has 2 N–H and O–H groups in total. The predicted molar refractivity (Wildman–Crippen MR) is 111 cm³/mol. The second-order valence-electron chi connectivity index (χ2n) is 4.98. The van der Waals surface area contributed by atoms with Gasteiger partial charge in [0.05, 0.1) is 20.2 Å². The molecule has 0 unspecified atom stereocenters. The van der Waals surface area contributed by atoms with Crippen LogP contribution in [0.25, 0.3) is 0 Å². The highest BCUT2D eigenvalue weighted by Gasteiger charge is 2.11. The Bertz CT molecular complexity index is 685. The number of halogens is 3. The third-order valence-electron chi connectivity index (χ3n) is 3.25. The fraction of sp³-hybridized carbons (Fsp3) is 0.353. The quantitative estimate of drug-likeness (QED) is 0.326. The van der Waals surface area contributed by atoms with Crippen molar-refractivity contribution in [1.29, 1.82) is 0 Å². The van der Waals surface area contributed by atoms with Gasteiger partial charge in [0.15, 0.2) is 5.96 Å². The largest absolute Gasteiger partial charge is 0.497 e. The van der Waals surface area contributed by atoms with Gasteiger partial charge in [-0.25, -0.2) is 4.99 Å². The van der Waals surface area contributed by atoms with Crippen molar-refractivity contribution in [2.45, 2.75) is 26.6 Å². The number of nitrogens with zero attached hydrogens (tertiary/aromatic N) is 1. The smallest absolute Gasteiger partial charge is 0.387 e. The molecule has 26 heavy (non-hydrogen) atoms. The molecule has 2 aromatic rings. The first-order valence-corrected chi connectivity index (χ1v) is 8.66. The van der Waals surface area contributed by atoms with Gasteiger partial charge in [-0.05, 0) is 36.6 Å². The second-order valence-corrected chi connectivity index (χ2v) is 6.01. The fourth-order valence-corrected chi connectivity index (χ4v) is 2.75. The molecule has 0 amide bonds. The second kappa shape index (κ2) is 11.9. The Morgan fingerprint density at radius 1 is 1.27 bits per heavy atom. The summed E-state index contributed by atoms with van der Waals surface area (Å²) in [5.74, 6) is 1.25. The highest BCUT2D eigenvalue weighted by Crippen LogP contribution is 2.26. The van der Waals surface area contributed by atoms with Gasteiger partial charge in [0.1, 0.15) is 11.5 Å². The number of rotatable bonds is 8. The van der Waals surface area contributed by atoms with E-state index in [0.717, 1.165) is 0 Å². The fourth-order valence-electron chi connectivity index (χ4n) is 2.11. The van der Waals surface area contributed by atoms with Crippen LogP contribution in [0, 0.1) is 0 Å². The van der Waals surface area contributed by atoms with Crippen LogP contribution in [0.5, 0.6) is 11.5 Å². The standard InChI is InChI=1S/C17H21F2N3O2S.HI/c1-3-20-17(22-11-14-5-4-8-25-14)21-10-12-9-13(23-2)6-7-15(12)24-16(18)19;/h4-9,16H,3,10-11H2,1-2H3,(H2,20,21,22);1H. The molecule has 0 saturated heterocycles. The Morgan fingerprint density at radius 2 is 2.08 bits per heavy atom. The molecular formula is C17H22F2IN3O2S. The van der Waals surface area contributed by atoms with E-state index in [9.17, 15) is 8.78 Å². The van der Waals surface area contributed by atoms with Gasteiger partial charge in [0, 0.05) is 17.0 Å². The van der Waals surface area contributed by atoms with Crippen LogP contribution in [0.3, 0.4) is 0 Å². The van der Waals surface area contributed by atoms with Crippen LogP contribution in [-0.2, 0) is 13.1 Å². The molecule has 0 aliphatic rings. The average molecular weight is 497 g/mol. The lowest BCUT2D eigenvalue weighted by Gasteiger charge is -2.13. The highest BCUT2D eigenvalue weighted by molar-refractivity contribution is 14.0. The molecule has 0 bridgehead atoms. The normalized spacial score (nSPS) is 11.0. The van der Waals surface area contributed by atoms with E-state index in [-0.39, 0.29) is 36.3 Å². The SMILES string of the molecule is CCNC(=NCc1cc(OC)ccc1OC(F)F)NCc1cccs1.I. The molecule has 144 valence electrons. The number of hydrogen-bond acceptors (Lipinski definition) is 4. The van der Waals surface area contributed by atoms with Gasteiger partial charge >= 0.3 is 6.61 Å². The number of aliphatic imine (C=N–C) groups is 1. The Morgan fingerprint density at radius 3 is 2.69 bits per heavy atom. The van der Waals surface area contributed by atoms with Gasteiger partial charge < -0.3 is 20.1 Å². The first-order chi connectivity index (χ1) is 12.1. The van der Waals surface area contributed by atoms with Crippen LogP contribution in [0.2, 0.25) is 0 Å². The third-order valence-corrected chi connectivity index (χ3v) is 4.12. The number of hydrogen-bond donors (Lipinski definition) is 2. The molecule has 0 spiro atoms.